The largest absolute Gasteiger partial charge is 0.312 e. The molecule has 2 fully saturated rings. The van der Waals surface area contributed by atoms with Crippen LogP contribution in [0.5, 0.6) is 0 Å². The number of fused-ring (bicyclic) bond motifs is 2. The van der Waals surface area contributed by atoms with Crippen LogP contribution in [0.3, 0.4) is 0 Å². The van der Waals surface area contributed by atoms with Gasteiger partial charge in [-0.3, -0.25) is 0 Å². The maximum absolute atomic E-state index is 3.69. The van der Waals surface area contributed by atoms with E-state index in [1.807, 2.05) is 11.3 Å². The molecule has 1 N–H and O–H groups in total. The maximum Gasteiger partial charge on any atom is 0.0453 e. The van der Waals surface area contributed by atoms with Crippen molar-refractivity contribution in [2.24, 2.45) is 5.92 Å². The zero-order valence-corrected chi connectivity index (χ0v) is 13.4. The molecule has 0 spiro atoms. The van der Waals surface area contributed by atoms with Gasteiger partial charge in [0.25, 0.3) is 0 Å². The highest BCUT2D eigenvalue weighted by Gasteiger charge is 2.41. The molecule has 3 rings (SSSR count). The second kappa shape index (κ2) is 5.23. The van der Waals surface area contributed by atoms with Crippen LogP contribution in [0.15, 0.2) is 15.9 Å². The molecule has 0 amide bonds. The highest BCUT2D eigenvalue weighted by molar-refractivity contribution is 9.10. The smallest absolute Gasteiger partial charge is 0.0453 e. The minimum absolute atomic E-state index is 0.524. The van der Waals surface area contributed by atoms with Crippen molar-refractivity contribution >= 4 is 27.3 Å². The van der Waals surface area contributed by atoms with Crippen molar-refractivity contribution in [2.75, 3.05) is 14.1 Å². The lowest BCUT2D eigenvalue weighted by Crippen LogP contribution is -2.43. The van der Waals surface area contributed by atoms with Crippen LogP contribution in [0.4, 0.5) is 0 Å². The summed E-state index contributed by atoms with van der Waals surface area (Å²) >= 11 is 5.57. The van der Waals surface area contributed by atoms with E-state index in [2.05, 4.69) is 51.7 Å². The van der Waals surface area contributed by atoms with E-state index in [9.17, 15) is 0 Å². The zero-order valence-electron chi connectivity index (χ0n) is 11.0. The Morgan fingerprint density at radius 2 is 2.06 bits per heavy atom. The van der Waals surface area contributed by atoms with Gasteiger partial charge in [-0.25, -0.2) is 0 Å². The summed E-state index contributed by atoms with van der Waals surface area (Å²) in [7, 11) is 4.42. The zero-order chi connectivity index (χ0) is 12.7. The van der Waals surface area contributed by atoms with Crippen LogP contribution in [0.2, 0.25) is 0 Å². The average Bonchev–Trinajstić information content (AvgIpc) is 2.84. The topological polar surface area (TPSA) is 15.3 Å². The molecule has 0 radical (unpaired) electrons. The molecule has 4 heteroatoms. The number of rotatable bonds is 3. The standard InChI is InChI=1S/C14H21BrN2S/c1-16-13(14-12(15)5-6-18-14)9-7-10-3-4-11(8-9)17(10)2/h5-6,9-11,13,16H,3-4,7-8H2,1-2H3. The molecule has 0 saturated carbocycles. The minimum Gasteiger partial charge on any atom is -0.312 e. The SMILES string of the molecule is CNC(c1sccc1Br)C1CC2CCC(C1)N2C. The van der Waals surface area contributed by atoms with Gasteiger partial charge in [0, 0.05) is 27.5 Å². The van der Waals surface area contributed by atoms with Gasteiger partial charge in [-0.15, -0.1) is 11.3 Å². The molecule has 0 aromatic carbocycles. The third-order valence-electron chi connectivity index (χ3n) is 4.84. The Hall–Kier alpha value is 0.1000. The number of hydrogen-bond donors (Lipinski definition) is 1. The first-order valence-corrected chi connectivity index (χ1v) is 8.50. The van der Waals surface area contributed by atoms with Crippen LogP contribution in [-0.4, -0.2) is 31.1 Å². The summed E-state index contributed by atoms with van der Waals surface area (Å²) in [6.45, 7) is 0. The Kier molecular flexibility index (Phi) is 3.81. The summed E-state index contributed by atoms with van der Waals surface area (Å²) in [4.78, 5) is 4.10. The first kappa shape index (κ1) is 13.1. The van der Waals surface area contributed by atoms with Crippen molar-refractivity contribution < 1.29 is 0 Å². The molecule has 2 saturated heterocycles. The lowest BCUT2D eigenvalue weighted by Gasteiger charge is -2.39. The minimum atomic E-state index is 0.524. The van der Waals surface area contributed by atoms with Gasteiger partial charge in [-0.2, -0.15) is 0 Å². The monoisotopic (exact) mass is 328 g/mol. The molecule has 3 unspecified atom stereocenters. The molecule has 1 aromatic rings. The first-order valence-electron chi connectivity index (χ1n) is 6.82. The van der Waals surface area contributed by atoms with E-state index in [1.165, 1.54) is 35.0 Å². The van der Waals surface area contributed by atoms with E-state index >= 15 is 0 Å². The number of halogens is 1. The van der Waals surface area contributed by atoms with E-state index in [1.54, 1.807) is 0 Å². The van der Waals surface area contributed by atoms with Gasteiger partial charge >= 0.3 is 0 Å². The van der Waals surface area contributed by atoms with Gasteiger partial charge in [0.05, 0.1) is 0 Å². The van der Waals surface area contributed by atoms with Gasteiger partial charge < -0.3 is 10.2 Å². The van der Waals surface area contributed by atoms with Crippen LogP contribution in [-0.2, 0) is 0 Å². The molecule has 0 aliphatic carbocycles. The lowest BCUT2D eigenvalue weighted by molar-refractivity contribution is 0.115. The van der Waals surface area contributed by atoms with Crippen LogP contribution in [0.1, 0.15) is 36.6 Å². The summed E-state index contributed by atoms with van der Waals surface area (Å²) in [6.07, 6.45) is 5.51. The Morgan fingerprint density at radius 1 is 1.39 bits per heavy atom. The summed E-state index contributed by atoms with van der Waals surface area (Å²) in [5.41, 5.74) is 0. The second-order valence-corrected chi connectivity index (χ2v) is 7.48. The van der Waals surface area contributed by atoms with Crippen molar-refractivity contribution in [3.8, 4) is 0 Å². The highest BCUT2D eigenvalue weighted by atomic mass is 79.9. The van der Waals surface area contributed by atoms with Crippen molar-refractivity contribution in [1.82, 2.24) is 10.2 Å². The Morgan fingerprint density at radius 3 is 2.56 bits per heavy atom. The van der Waals surface area contributed by atoms with Gasteiger partial charge in [-0.1, -0.05) is 0 Å². The molecule has 2 bridgehead atoms. The quantitative estimate of drug-likeness (QED) is 0.911. The molecule has 2 nitrogen and oxygen atoms in total. The highest BCUT2D eigenvalue weighted by Crippen LogP contribution is 2.44. The number of nitrogens with one attached hydrogen (secondary N) is 1. The van der Waals surface area contributed by atoms with Crippen molar-refractivity contribution in [3.63, 3.8) is 0 Å². The molecule has 2 aliphatic rings. The third kappa shape index (κ3) is 2.17. The molecule has 3 heterocycles. The summed E-state index contributed by atoms with van der Waals surface area (Å²) in [5, 5.41) is 5.75. The fourth-order valence-electron chi connectivity index (χ4n) is 3.83. The van der Waals surface area contributed by atoms with Gasteiger partial charge in [0.1, 0.15) is 0 Å². The molecule has 1 aromatic heterocycles. The molecule has 18 heavy (non-hydrogen) atoms. The molecule has 100 valence electrons. The molecular formula is C14H21BrN2S. The van der Waals surface area contributed by atoms with Crippen LogP contribution >= 0.6 is 27.3 Å². The number of thiophene rings is 1. The van der Waals surface area contributed by atoms with Crippen LogP contribution < -0.4 is 5.32 Å². The average molecular weight is 329 g/mol. The van der Waals surface area contributed by atoms with E-state index in [4.69, 9.17) is 0 Å². The van der Waals surface area contributed by atoms with E-state index in [0.717, 1.165) is 18.0 Å². The second-order valence-electron chi connectivity index (χ2n) is 5.68. The van der Waals surface area contributed by atoms with Crippen molar-refractivity contribution in [1.29, 1.82) is 0 Å². The third-order valence-corrected chi connectivity index (χ3v) is 6.80. The predicted octanol–water partition coefficient (Wildman–Crippen LogP) is 3.64. The van der Waals surface area contributed by atoms with Crippen LogP contribution in [0, 0.1) is 5.92 Å². The molecule has 3 atom stereocenters. The number of nitrogens with zero attached hydrogens (tertiary/aromatic N) is 1. The predicted molar refractivity (Wildman–Crippen MR) is 81.1 cm³/mol. The van der Waals surface area contributed by atoms with Crippen molar-refractivity contribution in [2.45, 2.75) is 43.8 Å². The van der Waals surface area contributed by atoms with Gasteiger partial charge in [-0.05, 0) is 73.1 Å². The summed E-state index contributed by atoms with van der Waals surface area (Å²) < 4.78 is 1.28. The van der Waals surface area contributed by atoms with E-state index in [-0.39, 0.29) is 0 Å². The Labute approximate surface area is 122 Å². The number of piperidine rings is 1. The maximum atomic E-state index is 3.69. The molecular weight excluding hydrogens is 308 g/mol. The van der Waals surface area contributed by atoms with Gasteiger partial charge in [0.15, 0.2) is 0 Å². The fourth-order valence-corrected chi connectivity index (χ4v) is 5.66. The lowest BCUT2D eigenvalue weighted by atomic mass is 9.84. The first-order chi connectivity index (χ1) is 8.70. The fraction of sp³-hybridized carbons (Fsp3) is 0.714. The summed E-state index contributed by atoms with van der Waals surface area (Å²) in [6, 6.07) is 4.34. The van der Waals surface area contributed by atoms with E-state index < -0.39 is 0 Å². The molecule has 2 aliphatic heterocycles. The Bertz CT molecular complexity index is 406. The number of hydrogen-bond acceptors (Lipinski definition) is 3. The van der Waals surface area contributed by atoms with Crippen LogP contribution in [0.25, 0.3) is 0 Å². The van der Waals surface area contributed by atoms with Gasteiger partial charge in [0.2, 0.25) is 0 Å². The Balaban J connectivity index is 1.80. The van der Waals surface area contributed by atoms with E-state index in [0.29, 0.717) is 6.04 Å². The summed E-state index contributed by atoms with van der Waals surface area (Å²) in [5.74, 6) is 0.790. The van der Waals surface area contributed by atoms with Crippen molar-refractivity contribution in [3.05, 3.63) is 20.8 Å². The normalized spacial score (nSPS) is 33.8.